The molecular weight excluding hydrogens is 211 g/mol. The molecule has 0 aliphatic rings. The van der Waals surface area contributed by atoms with Crippen molar-refractivity contribution in [3.05, 3.63) is 18.3 Å². The van der Waals surface area contributed by atoms with Crippen LogP contribution in [0.1, 0.15) is 1.43 Å². The van der Waals surface area contributed by atoms with Crippen molar-refractivity contribution < 1.29 is 1.43 Å². The fourth-order valence-corrected chi connectivity index (χ4v) is 2.35. The van der Waals surface area contributed by atoms with Crippen LogP contribution < -0.4 is 10.8 Å². The molecule has 3 aromatic rings. The third-order valence-electron chi connectivity index (χ3n) is 3.35. The molecule has 2 heterocycles. The number of aromatic nitrogens is 3. The lowest BCUT2D eigenvalue weighted by Gasteiger charge is -2.24. The lowest BCUT2D eigenvalue weighted by atomic mass is 9.91. The van der Waals surface area contributed by atoms with Gasteiger partial charge in [-0.1, -0.05) is 11.5 Å². The second-order valence-corrected chi connectivity index (χ2v) is 4.25. The fourth-order valence-electron chi connectivity index (χ4n) is 2.35. The molecule has 0 saturated carbocycles. The van der Waals surface area contributed by atoms with Gasteiger partial charge in [0.25, 0.3) is 0 Å². The van der Waals surface area contributed by atoms with Gasteiger partial charge < -0.3 is 5.32 Å². The maximum Gasteiger partial charge on any atom is 0.126 e. The number of benzene rings is 1. The second-order valence-electron chi connectivity index (χ2n) is 4.25. The van der Waals surface area contributed by atoms with Crippen LogP contribution >= 0.6 is 0 Å². The first kappa shape index (κ1) is 10.3. The van der Waals surface area contributed by atoms with Crippen molar-refractivity contribution in [2.24, 2.45) is 14.1 Å². The fraction of sp³-hybridized carbons (Fsp3) is 0.250. The maximum atomic E-state index is 6.05. The van der Waals surface area contributed by atoms with E-state index in [1.54, 1.807) is 0 Å². The molecule has 0 spiro atoms. The summed E-state index contributed by atoms with van der Waals surface area (Å²) in [4.78, 5) is 4.31. The van der Waals surface area contributed by atoms with E-state index in [1.165, 1.54) is 10.9 Å². The van der Waals surface area contributed by atoms with E-state index in [0.717, 1.165) is 22.2 Å². The van der Waals surface area contributed by atoms with E-state index in [-0.39, 0.29) is 1.43 Å². The van der Waals surface area contributed by atoms with Crippen LogP contribution in [0.25, 0.3) is 21.8 Å². The first-order valence-electron chi connectivity index (χ1n) is 5.51. The highest BCUT2D eigenvalue weighted by molar-refractivity contribution is 6.40. The first-order chi connectivity index (χ1) is 8.13. The molecule has 4 nitrogen and oxygen atoms in total. The predicted octanol–water partition coefficient (Wildman–Crippen LogP) is 1.15. The highest BCUT2D eigenvalue weighted by Gasteiger charge is 2.14. The molecule has 2 radical (unpaired) electrons. The van der Waals surface area contributed by atoms with Crippen LogP contribution in [-0.2, 0) is 14.1 Å². The number of nitrogens with one attached hydrogen (secondary N) is 1. The number of nitrogens with zero attached hydrogens (tertiary/aromatic N) is 3. The summed E-state index contributed by atoms with van der Waals surface area (Å²) in [5.74, 6) is 0.868. The largest absolute Gasteiger partial charge is 0.373 e. The summed E-state index contributed by atoms with van der Waals surface area (Å²) in [6.45, 7) is 0. The lowest BCUT2D eigenvalue weighted by Crippen LogP contribution is -2.24. The van der Waals surface area contributed by atoms with E-state index in [4.69, 9.17) is 7.85 Å². The van der Waals surface area contributed by atoms with Crippen molar-refractivity contribution in [3.63, 3.8) is 0 Å². The van der Waals surface area contributed by atoms with Crippen molar-refractivity contribution in [1.29, 1.82) is 0 Å². The number of hydrogen-bond acceptors (Lipinski definition) is 2. The molecule has 2 aromatic heterocycles. The van der Waals surface area contributed by atoms with Gasteiger partial charge in [0.05, 0.1) is 11.0 Å². The zero-order chi connectivity index (χ0) is 12.2. The van der Waals surface area contributed by atoms with Crippen molar-refractivity contribution in [1.82, 2.24) is 14.3 Å². The minimum Gasteiger partial charge on any atom is -0.373 e. The Labute approximate surface area is 102 Å². The van der Waals surface area contributed by atoms with Gasteiger partial charge in [0.2, 0.25) is 0 Å². The summed E-state index contributed by atoms with van der Waals surface area (Å²) in [6, 6.07) is 4.03. The van der Waals surface area contributed by atoms with Crippen LogP contribution in [0.2, 0.25) is 0 Å². The summed E-state index contributed by atoms with van der Waals surface area (Å²) in [7, 11) is 12.0. The van der Waals surface area contributed by atoms with Crippen molar-refractivity contribution in [3.8, 4) is 0 Å². The lowest BCUT2D eigenvalue weighted by molar-refractivity contribution is 0.592. The van der Waals surface area contributed by atoms with E-state index in [2.05, 4.69) is 21.0 Å². The SMILES string of the molecule is [B]c1cc2cnc(NC)cc2c2c1n(C)n2C.[HH]. The van der Waals surface area contributed by atoms with E-state index < -0.39 is 0 Å². The Morgan fingerprint density at radius 3 is 2.65 bits per heavy atom. The molecule has 3 rings (SSSR count). The van der Waals surface area contributed by atoms with Gasteiger partial charge in [-0.15, -0.1) is 0 Å². The van der Waals surface area contributed by atoms with Gasteiger partial charge in [-0.05, 0) is 6.07 Å². The Hall–Kier alpha value is -1.91. The van der Waals surface area contributed by atoms with Gasteiger partial charge in [-0.2, -0.15) is 0 Å². The van der Waals surface area contributed by atoms with E-state index in [9.17, 15) is 0 Å². The monoisotopic (exact) mass is 226 g/mol. The number of fused-ring (bicyclic) bond motifs is 3. The van der Waals surface area contributed by atoms with Gasteiger partial charge in [0.15, 0.2) is 0 Å². The van der Waals surface area contributed by atoms with Gasteiger partial charge in [0, 0.05) is 39.5 Å². The molecule has 5 heteroatoms. The summed E-state index contributed by atoms with van der Waals surface area (Å²) in [5.41, 5.74) is 3.06. The van der Waals surface area contributed by atoms with Crippen LogP contribution in [0.15, 0.2) is 18.3 Å². The molecule has 0 unspecified atom stereocenters. The zero-order valence-corrected chi connectivity index (χ0v) is 10.2. The summed E-state index contributed by atoms with van der Waals surface area (Å²) in [5, 5.41) is 5.30. The molecule has 0 saturated heterocycles. The molecular formula is C12H15BN4. The molecule has 0 amide bonds. The third kappa shape index (κ3) is 1.22. The van der Waals surface area contributed by atoms with E-state index >= 15 is 0 Å². The number of rotatable bonds is 1. The minimum absolute atomic E-state index is 0. The summed E-state index contributed by atoms with van der Waals surface area (Å²) < 4.78 is 4.14. The Bertz CT molecular complexity index is 729. The van der Waals surface area contributed by atoms with Crippen molar-refractivity contribution >= 4 is 40.9 Å². The average molecular weight is 226 g/mol. The van der Waals surface area contributed by atoms with E-state index in [0.29, 0.717) is 0 Å². The maximum absolute atomic E-state index is 6.05. The topological polar surface area (TPSA) is 34.8 Å². The quantitative estimate of drug-likeness (QED) is 0.631. The van der Waals surface area contributed by atoms with Crippen molar-refractivity contribution in [2.75, 3.05) is 12.4 Å². The average Bonchev–Trinajstić information content (AvgIpc) is 2.35. The van der Waals surface area contributed by atoms with Gasteiger partial charge in [-0.25, -0.2) is 4.98 Å². The number of anilines is 1. The number of pyridine rings is 1. The highest BCUT2D eigenvalue weighted by Crippen LogP contribution is 2.26. The van der Waals surface area contributed by atoms with Crippen LogP contribution in [0, 0.1) is 0 Å². The van der Waals surface area contributed by atoms with Gasteiger partial charge in [0.1, 0.15) is 13.7 Å². The summed E-state index contributed by atoms with van der Waals surface area (Å²) >= 11 is 0. The Morgan fingerprint density at radius 2 is 1.94 bits per heavy atom. The van der Waals surface area contributed by atoms with Crippen LogP contribution in [0.4, 0.5) is 5.82 Å². The van der Waals surface area contributed by atoms with Crippen LogP contribution in [-0.4, -0.2) is 29.2 Å². The Kier molecular flexibility index (Phi) is 1.99. The van der Waals surface area contributed by atoms with Crippen LogP contribution in [0.3, 0.4) is 0 Å². The van der Waals surface area contributed by atoms with Crippen LogP contribution in [0.5, 0.6) is 0 Å². The molecule has 0 bridgehead atoms. The van der Waals surface area contributed by atoms with Gasteiger partial charge in [-0.3, -0.25) is 9.36 Å². The second kappa shape index (κ2) is 3.29. The van der Waals surface area contributed by atoms with E-state index in [1.807, 2.05) is 38.1 Å². The normalized spacial score (nSPS) is 11.5. The molecule has 0 fully saturated rings. The molecule has 0 atom stereocenters. The zero-order valence-electron chi connectivity index (χ0n) is 10.2. The minimum atomic E-state index is 0. The highest BCUT2D eigenvalue weighted by atomic mass is 15.4. The smallest absolute Gasteiger partial charge is 0.126 e. The molecule has 17 heavy (non-hydrogen) atoms. The Morgan fingerprint density at radius 1 is 1.24 bits per heavy atom. The molecule has 0 aliphatic heterocycles. The Balaban J connectivity index is 0.00000120. The third-order valence-corrected chi connectivity index (χ3v) is 3.35. The molecule has 1 aromatic carbocycles. The first-order valence-corrected chi connectivity index (χ1v) is 5.51. The number of hydrogen-bond donors (Lipinski definition) is 1. The van der Waals surface area contributed by atoms with Gasteiger partial charge >= 0.3 is 0 Å². The summed E-state index contributed by atoms with van der Waals surface area (Å²) in [6.07, 6.45) is 1.85. The predicted molar refractivity (Wildman–Crippen MR) is 74.2 cm³/mol. The molecule has 0 aliphatic carbocycles. The van der Waals surface area contributed by atoms with Crippen molar-refractivity contribution in [2.45, 2.75) is 0 Å². The number of aryl methyl sites for hydroxylation is 2. The molecule has 86 valence electrons. The molecule has 1 N–H and O–H groups in total. The standard InChI is InChI=1S/C12H13BN4.H2/c1-14-10-5-8-7(6-15-10)4-9(13)12-11(8)16(2)17(12)3;/h4-6H,1-3H3,(H,14,15);1H.